The number of rotatable bonds is 19. The van der Waals surface area contributed by atoms with E-state index in [4.69, 9.17) is 27.2 Å². The van der Waals surface area contributed by atoms with Crippen molar-refractivity contribution in [3.8, 4) is 0 Å². The van der Waals surface area contributed by atoms with Crippen molar-refractivity contribution < 1.29 is 56.0 Å². The molecular formula is C29H40IN3O12. The minimum absolute atomic E-state index is 0.0319. The number of piperidine rings is 1. The van der Waals surface area contributed by atoms with Gasteiger partial charge in [0.05, 0.1) is 63.3 Å². The highest BCUT2D eigenvalue weighted by atomic mass is 127. The third-order valence-corrected chi connectivity index (χ3v) is 8.87. The molecule has 4 aliphatic rings. The number of likely N-dealkylation sites (tertiary alicyclic amines) is 1. The molecule has 0 radical (unpaired) electrons. The summed E-state index contributed by atoms with van der Waals surface area (Å²) in [4.78, 5) is 79.4. The second kappa shape index (κ2) is 16.8. The number of amides is 4. The van der Waals surface area contributed by atoms with Crippen LogP contribution in [-0.4, -0.2) is 116 Å². The lowest BCUT2D eigenvalue weighted by Gasteiger charge is -2.40. The van der Waals surface area contributed by atoms with Crippen LogP contribution in [0.25, 0.3) is 0 Å². The van der Waals surface area contributed by atoms with Gasteiger partial charge in [-0.15, -0.1) is 0 Å². The monoisotopic (exact) mass is 749 g/mol. The van der Waals surface area contributed by atoms with Gasteiger partial charge in [0.15, 0.2) is 0 Å². The van der Waals surface area contributed by atoms with Crippen LogP contribution in [-0.2, 0) is 50.9 Å². The van der Waals surface area contributed by atoms with Crippen molar-refractivity contribution in [1.29, 1.82) is 0 Å². The van der Waals surface area contributed by atoms with Gasteiger partial charge in [0.1, 0.15) is 29.6 Å². The number of hydrogen-bond acceptors (Lipinski definition) is 11. The molecule has 4 heterocycles. The largest absolute Gasteiger partial charge is 0.481 e. The van der Waals surface area contributed by atoms with E-state index in [0.717, 1.165) is 11.5 Å². The number of nitrogens with zero attached hydrogens (tertiary/aromatic N) is 2. The van der Waals surface area contributed by atoms with Crippen molar-refractivity contribution in [2.75, 3.05) is 52.7 Å². The summed E-state index contributed by atoms with van der Waals surface area (Å²) in [6.45, 7) is 1.77. The lowest BCUT2D eigenvalue weighted by Crippen LogP contribution is -2.47. The molecule has 0 spiro atoms. The van der Waals surface area contributed by atoms with Crippen molar-refractivity contribution in [3.05, 3.63) is 12.2 Å². The number of hydrogen-bond donors (Lipinski definition) is 2. The number of fused-ring (bicyclic) bond motifs is 5. The molecule has 4 amide bonds. The molecule has 0 saturated carbocycles. The maximum atomic E-state index is 12.7. The molecule has 0 aromatic carbocycles. The van der Waals surface area contributed by atoms with E-state index in [-0.39, 0.29) is 63.3 Å². The van der Waals surface area contributed by atoms with Gasteiger partial charge in [0, 0.05) is 31.5 Å². The summed E-state index contributed by atoms with van der Waals surface area (Å²) in [5.74, 6) is -3.75. The van der Waals surface area contributed by atoms with Crippen LogP contribution in [0.1, 0.15) is 51.4 Å². The Hall–Kier alpha value is -2.67. The van der Waals surface area contributed by atoms with Gasteiger partial charge in [-0.05, 0) is 25.7 Å². The molecule has 4 unspecified atom stereocenters. The van der Waals surface area contributed by atoms with Gasteiger partial charge in [-0.25, -0.2) is 0 Å². The van der Waals surface area contributed by atoms with Crippen LogP contribution in [0.4, 0.5) is 0 Å². The predicted octanol–water partition coefficient (Wildman–Crippen LogP) is 0.933. The van der Waals surface area contributed by atoms with Gasteiger partial charge in [0.2, 0.25) is 11.8 Å². The summed E-state index contributed by atoms with van der Waals surface area (Å²) >= 11 is 1.79. The Labute approximate surface area is 274 Å². The van der Waals surface area contributed by atoms with Crippen LogP contribution in [0.2, 0.25) is 0 Å². The third kappa shape index (κ3) is 9.43. The predicted molar refractivity (Wildman–Crippen MR) is 161 cm³/mol. The van der Waals surface area contributed by atoms with Crippen molar-refractivity contribution in [1.82, 2.24) is 15.3 Å². The molecule has 0 aromatic heterocycles. The lowest BCUT2D eigenvalue weighted by atomic mass is 9.80. The minimum atomic E-state index is -1.06. The Morgan fingerprint density at radius 3 is 2.29 bits per heavy atom. The lowest BCUT2D eigenvalue weighted by molar-refractivity contribution is -0.195. The molecule has 4 atom stereocenters. The number of aliphatic carboxylic acids is 1. The van der Waals surface area contributed by atoms with Crippen LogP contribution < -0.4 is 5.32 Å². The summed E-state index contributed by atoms with van der Waals surface area (Å²) in [7, 11) is 0. The fourth-order valence-corrected chi connectivity index (χ4v) is 6.62. The zero-order chi connectivity index (χ0) is 32.4. The summed E-state index contributed by atoms with van der Waals surface area (Å²) in [6, 6.07) is 0. The van der Waals surface area contributed by atoms with E-state index >= 15 is 0 Å². The molecule has 4 aliphatic heterocycles. The molecule has 15 nitrogen and oxygen atoms in total. The van der Waals surface area contributed by atoms with Crippen LogP contribution >= 0.6 is 23.0 Å². The van der Waals surface area contributed by atoms with Gasteiger partial charge in [-0.2, -0.15) is 5.06 Å². The first-order chi connectivity index (χ1) is 21.6. The standard InChI is InChI=1S/C29H40IN3O12/c30-43-18-29(17-42-24(38)8-7-23(36)37)9-12-32(13-10-29)22(35)4-2-1-3-11-31-21(34)16-41-14-15-44-33-27(39)25-19-5-6-20(45-19)26(25)28(33)40/h5-6,19-20,25-26H,1-4,7-18H2,(H,31,34)(H,36,37). The number of imide groups is 1. The Kier molecular flexibility index (Phi) is 13.1. The first-order valence-electron chi connectivity index (χ1n) is 15.2. The SMILES string of the molecule is O=C(O)CCC(=O)OCC1(COI)CCN(C(=O)CCCCCNC(=O)COCCON2C(=O)C3C4C=CC(O4)C3C2=O)CC1. The Morgan fingerprint density at radius 1 is 0.956 bits per heavy atom. The third-order valence-electron chi connectivity index (χ3n) is 8.56. The number of esters is 1. The van der Waals surface area contributed by atoms with Crippen molar-refractivity contribution >= 4 is 58.6 Å². The number of hydroxylamine groups is 2. The highest BCUT2D eigenvalue weighted by Crippen LogP contribution is 2.45. The molecule has 2 bridgehead atoms. The number of carbonyl (C=O) groups excluding carboxylic acids is 5. The smallest absolute Gasteiger partial charge is 0.306 e. The molecular weight excluding hydrogens is 709 g/mol. The van der Waals surface area contributed by atoms with E-state index in [1.165, 1.54) is 0 Å². The highest BCUT2D eigenvalue weighted by Gasteiger charge is 2.61. The van der Waals surface area contributed by atoms with Crippen LogP contribution in [0.5, 0.6) is 0 Å². The minimum Gasteiger partial charge on any atom is -0.481 e. The Balaban J connectivity index is 0.997. The first-order valence-corrected chi connectivity index (χ1v) is 16.1. The normalized spacial score (nSPS) is 24.6. The van der Waals surface area contributed by atoms with Crippen LogP contribution in [0.3, 0.4) is 0 Å². The van der Waals surface area contributed by atoms with Crippen LogP contribution in [0.15, 0.2) is 12.2 Å². The number of carboxylic acids is 1. The second-order valence-electron chi connectivity index (χ2n) is 11.7. The summed E-state index contributed by atoms with van der Waals surface area (Å²) in [5, 5.41) is 12.3. The summed E-state index contributed by atoms with van der Waals surface area (Å²) in [5.41, 5.74) is -0.412. The van der Waals surface area contributed by atoms with Gasteiger partial charge in [-0.3, -0.25) is 33.6 Å². The van der Waals surface area contributed by atoms with Gasteiger partial charge in [-0.1, -0.05) is 18.6 Å². The second-order valence-corrected chi connectivity index (χ2v) is 12.3. The zero-order valence-corrected chi connectivity index (χ0v) is 27.1. The van der Waals surface area contributed by atoms with E-state index in [1.807, 2.05) is 0 Å². The van der Waals surface area contributed by atoms with E-state index in [0.29, 0.717) is 58.3 Å². The molecule has 16 heteroatoms. The fraction of sp³-hybridized carbons (Fsp3) is 0.724. The number of nitrogens with one attached hydrogen (secondary N) is 1. The fourth-order valence-electron chi connectivity index (χ4n) is 5.96. The molecule has 3 saturated heterocycles. The number of carbonyl (C=O) groups is 6. The van der Waals surface area contributed by atoms with E-state index < -0.39 is 41.0 Å². The average molecular weight is 750 g/mol. The Morgan fingerprint density at radius 2 is 1.64 bits per heavy atom. The average Bonchev–Trinajstić information content (AvgIpc) is 3.71. The molecule has 4 rings (SSSR count). The summed E-state index contributed by atoms with van der Waals surface area (Å²) < 4.78 is 21.5. The molecule has 45 heavy (non-hydrogen) atoms. The van der Waals surface area contributed by atoms with Crippen LogP contribution in [0, 0.1) is 17.3 Å². The molecule has 250 valence electrons. The van der Waals surface area contributed by atoms with Gasteiger partial charge >= 0.3 is 11.9 Å². The van der Waals surface area contributed by atoms with E-state index in [2.05, 4.69) is 5.32 Å². The zero-order valence-electron chi connectivity index (χ0n) is 25.0. The van der Waals surface area contributed by atoms with Crippen molar-refractivity contribution in [3.63, 3.8) is 0 Å². The van der Waals surface area contributed by atoms with Gasteiger partial charge < -0.3 is 32.6 Å². The maximum absolute atomic E-state index is 12.7. The highest BCUT2D eigenvalue weighted by molar-refractivity contribution is 14.1. The van der Waals surface area contributed by atoms with E-state index in [9.17, 15) is 28.8 Å². The molecule has 0 aromatic rings. The van der Waals surface area contributed by atoms with E-state index in [1.54, 1.807) is 40.1 Å². The number of unbranched alkanes of at least 4 members (excludes halogenated alkanes) is 2. The summed E-state index contributed by atoms with van der Waals surface area (Å²) in [6.07, 6.45) is 6.13. The quantitative estimate of drug-likeness (QED) is 0.0627. The van der Waals surface area contributed by atoms with Crippen molar-refractivity contribution in [2.45, 2.75) is 63.6 Å². The van der Waals surface area contributed by atoms with Gasteiger partial charge in [0.25, 0.3) is 11.8 Å². The van der Waals surface area contributed by atoms with Crippen molar-refractivity contribution in [2.24, 2.45) is 17.3 Å². The Bertz CT molecular complexity index is 1110. The first kappa shape index (κ1) is 35.2. The maximum Gasteiger partial charge on any atom is 0.306 e. The number of halogens is 1. The number of ether oxygens (including phenoxy) is 3. The number of carboxylic acid groups (broad SMARTS) is 1. The molecule has 0 aliphatic carbocycles. The molecule has 2 N–H and O–H groups in total. The molecule has 3 fully saturated rings. The topological polar surface area (TPSA) is 187 Å².